The topological polar surface area (TPSA) is 70.9 Å². The summed E-state index contributed by atoms with van der Waals surface area (Å²) in [7, 11) is 1.43. The van der Waals surface area contributed by atoms with Crippen LogP contribution in [0.4, 0.5) is 0 Å². The molecule has 2 rings (SSSR count). The molecular weight excluding hydrogens is 304 g/mol. The van der Waals surface area contributed by atoms with Gasteiger partial charge in [0.15, 0.2) is 11.5 Å². The zero-order valence-corrected chi connectivity index (χ0v) is 12.7. The van der Waals surface area contributed by atoms with E-state index in [4.69, 9.17) is 16.3 Å². The molecule has 0 spiro atoms. The quantitative estimate of drug-likeness (QED) is 0.658. The molecule has 2 aromatic carbocycles. The number of hydrogen-bond donors (Lipinski definition) is 2. The summed E-state index contributed by atoms with van der Waals surface area (Å²) < 4.78 is 4.94. The molecule has 0 bridgehead atoms. The fraction of sp³-hybridized carbons (Fsp3) is 0.125. The monoisotopic (exact) mass is 318 g/mol. The van der Waals surface area contributed by atoms with Crippen molar-refractivity contribution in [3.63, 3.8) is 0 Å². The first-order valence-corrected chi connectivity index (χ1v) is 6.91. The Bertz CT molecular complexity index is 687. The highest BCUT2D eigenvalue weighted by atomic mass is 35.5. The van der Waals surface area contributed by atoms with Crippen LogP contribution in [0.25, 0.3) is 0 Å². The molecule has 0 saturated carbocycles. The predicted octanol–water partition coefficient (Wildman–Crippen LogP) is 2.75. The number of phenolic OH excluding ortho intramolecular Hbond substituents is 1. The summed E-state index contributed by atoms with van der Waals surface area (Å²) >= 11 is 5.99. The number of benzene rings is 2. The van der Waals surface area contributed by atoms with Crippen molar-refractivity contribution in [1.82, 2.24) is 5.43 Å². The van der Waals surface area contributed by atoms with Gasteiger partial charge in [-0.1, -0.05) is 41.9 Å². The van der Waals surface area contributed by atoms with E-state index in [9.17, 15) is 9.90 Å². The lowest BCUT2D eigenvalue weighted by Crippen LogP contribution is -2.19. The zero-order valence-electron chi connectivity index (χ0n) is 11.9. The number of methoxy groups -OCH3 is 1. The molecule has 6 heteroatoms. The van der Waals surface area contributed by atoms with E-state index in [2.05, 4.69) is 10.5 Å². The van der Waals surface area contributed by atoms with Gasteiger partial charge < -0.3 is 9.84 Å². The number of carbonyl (C=O) groups is 1. The Morgan fingerprint density at radius 3 is 2.73 bits per heavy atom. The lowest BCUT2D eigenvalue weighted by molar-refractivity contribution is -0.120. The van der Waals surface area contributed by atoms with Crippen LogP contribution in [0.5, 0.6) is 11.5 Å². The van der Waals surface area contributed by atoms with Crippen molar-refractivity contribution in [3.05, 3.63) is 58.6 Å². The van der Waals surface area contributed by atoms with E-state index in [1.165, 1.54) is 13.3 Å². The molecule has 0 aliphatic carbocycles. The van der Waals surface area contributed by atoms with Crippen LogP contribution in [0.2, 0.25) is 5.02 Å². The number of nitrogens with zero attached hydrogens (tertiary/aromatic N) is 1. The van der Waals surface area contributed by atoms with Crippen molar-refractivity contribution in [2.45, 2.75) is 6.42 Å². The fourth-order valence-electron chi connectivity index (χ4n) is 1.82. The first kappa shape index (κ1) is 15.9. The summed E-state index contributed by atoms with van der Waals surface area (Å²) in [6.07, 6.45) is 1.60. The van der Waals surface area contributed by atoms with E-state index in [1.807, 2.05) is 30.3 Å². The molecule has 0 heterocycles. The summed E-state index contributed by atoms with van der Waals surface area (Å²) in [5.41, 5.74) is 3.78. The summed E-state index contributed by atoms with van der Waals surface area (Å²) in [4.78, 5) is 11.7. The standard InChI is InChI=1S/C16H15ClN2O3/c1-22-13-8-7-12(15(17)16(13)21)10-18-19-14(20)9-11-5-3-2-4-6-11/h2-8,10,21H,9H2,1H3,(H,19,20)/b18-10-. The van der Waals surface area contributed by atoms with Crippen molar-refractivity contribution >= 4 is 23.7 Å². The summed E-state index contributed by atoms with van der Waals surface area (Å²) in [5, 5.41) is 13.7. The third-order valence-electron chi connectivity index (χ3n) is 2.93. The average molecular weight is 319 g/mol. The SMILES string of the molecule is COc1ccc(/C=N\NC(=O)Cc2ccccc2)c(Cl)c1O. The third-order valence-corrected chi connectivity index (χ3v) is 3.33. The lowest BCUT2D eigenvalue weighted by Gasteiger charge is -2.06. The Labute approximate surface area is 133 Å². The van der Waals surface area contributed by atoms with Gasteiger partial charge in [-0.15, -0.1) is 0 Å². The normalized spacial score (nSPS) is 10.6. The molecule has 2 N–H and O–H groups in total. The van der Waals surface area contributed by atoms with E-state index in [0.717, 1.165) is 5.56 Å². The number of aromatic hydroxyl groups is 1. The number of halogens is 1. The second-order valence-corrected chi connectivity index (χ2v) is 4.85. The lowest BCUT2D eigenvalue weighted by atomic mass is 10.1. The van der Waals surface area contributed by atoms with Crippen LogP contribution in [-0.2, 0) is 11.2 Å². The van der Waals surface area contributed by atoms with E-state index in [0.29, 0.717) is 5.56 Å². The van der Waals surface area contributed by atoms with E-state index in [-0.39, 0.29) is 28.8 Å². The molecule has 0 unspecified atom stereocenters. The van der Waals surface area contributed by atoms with E-state index < -0.39 is 0 Å². The Morgan fingerprint density at radius 2 is 2.05 bits per heavy atom. The average Bonchev–Trinajstić information content (AvgIpc) is 2.52. The van der Waals surface area contributed by atoms with E-state index in [1.54, 1.807) is 12.1 Å². The fourth-order valence-corrected chi connectivity index (χ4v) is 2.03. The number of hydrogen-bond acceptors (Lipinski definition) is 4. The molecule has 0 aromatic heterocycles. The third kappa shape index (κ3) is 3.99. The van der Waals surface area contributed by atoms with Gasteiger partial charge >= 0.3 is 0 Å². The van der Waals surface area contributed by atoms with Gasteiger partial charge in [0.25, 0.3) is 0 Å². The van der Waals surface area contributed by atoms with Gasteiger partial charge in [-0.05, 0) is 17.7 Å². The number of amides is 1. The number of rotatable bonds is 5. The molecule has 0 aliphatic heterocycles. The molecule has 0 saturated heterocycles. The van der Waals surface area contributed by atoms with Gasteiger partial charge in [-0.2, -0.15) is 5.10 Å². The number of ether oxygens (including phenoxy) is 1. The second kappa shape index (κ2) is 7.47. The molecule has 0 radical (unpaired) electrons. The van der Waals surface area contributed by atoms with Crippen molar-refractivity contribution in [2.24, 2.45) is 5.10 Å². The number of phenols is 1. The Morgan fingerprint density at radius 1 is 1.32 bits per heavy atom. The minimum absolute atomic E-state index is 0.111. The van der Waals surface area contributed by atoms with Crippen molar-refractivity contribution in [1.29, 1.82) is 0 Å². The molecule has 22 heavy (non-hydrogen) atoms. The molecule has 0 atom stereocenters. The Kier molecular flexibility index (Phi) is 5.38. The minimum atomic E-state index is -0.240. The maximum Gasteiger partial charge on any atom is 0.244 e. The highest BCUT2D eigenvalue weighted by molar-refractivity contribution is 6.34. The van der Waals surface area contributed by atoms with Crippen molar-refractivity contribution < 1.29 is 14.6 Å². The molecule has 114 valence electrons. The predicted molar refractivity (Wildman–Crippen MR) is 85.6 cm³/mol. The van der Waals surface area contributed by atoms with Crippen LogP contribution in [0.1, 0.15) is 11.1 Å². The summed E-state index contributed by atoms with van der Waals surface area (Å²) in [6.45, 7) is 0. The van der Waals surface area contributed by atoms with Gasteiger partial charge in [-0.25, -0.2) is 5.43 Å². The zero-order chi connectivity index (χ0) is 15.9. The van der Waals surface area contributed by atoms with Crippen LogP contribution in [0, 0.1) is 0 Å². The summed E-state index contributed by atoms with van der Waals surface area (Å²) in [5.74, 6) is -0.129. The smallest absolute Gasteiger partial charge is 0.244 e. The highest BCUT2D eigenvalue weighted by Crippen LogP contribution is 2.35. The van der Waals surface area contributed by atoms with Crippen LogP contribution in [-0.4, -0.2) is 24.3 Å². The van der Waals surface area contributed by atoms with Gasteiger partial charge in [-0.3, -0.25) is 4.79 Å². The van der Waals surface area contributed by atoms with E-state index >= 15 is 0 Å². The number of hydrazone groups is 1. The van der Waals surface area contributed by atoms with Gasteiger partial charge in [0.05, 0.1) is 24.8 Å². The minimum Gasteiger partial charge on any atom is -0.503 e. The largest absolute Gasteiger partial charge is 0.503 e. The molecule has 0 fully saturated rings. The summed E-state index contributed by atoms with van der Waals surface area (Å²) in [6, 6.07) is 12.5. The van der Waals surface area contributed by atoms with Gasteiger partial charge in [0.1, 0.15) is 0 Å². The molecular formula is C16H15ClN2O3. The molecule has 5 nitrogen and oxygen atoms in total. The number of nitrogens with one attached hydrogen (secondary N) is 1. The molecule has 0 aliphatic rings. The maximum atomic E-state index is 11.7. The second-order valence-electron chi connectivity index (χ2n) is 4.48. The molecule has 1 amide bonds. The van der Waals surface area contributed by atoms with Crippen molar-refractivity contribution in [2.75, 3.05) is 7.11 Å². The van der Waals surface area contributed by atoms with Crippen LogP contribution in [0.15, 0.2) is 47.6 Å². The van der Waals surface area contributed by atoms with Crippen molar-refractivity contribution in [3.8, 4) is 11.5 Å². The van der Waals surface area contributed by atoms with Crippen LogP contribution in [0.3, 0.4) is 0 Å². The van der Waals surface area contributed by atoms with Crippen LogP contribution >= 0.6 is 11.6 Å². The molecule has 2 aromatic rings. The van der Waals surface area contributed by atoms with Crippen LogP contribution < -0.4 is 10.2 Å². The first-order chi connectivity index (χ1) is 10.6. The van der Waals surface area contributed by atoms with Gasteiger partial charge in [0.2, 0.25) is 5.91 Å². The number of carbonyl (C=O) groups excluding carboxylic acids is 1. The Hall–Kier alpha value is -2.53. The Balaban J connectivity index is 1.98. The highest BCUT2D eigenvalue weighted by Gasteiger charge is 2.09. The maximum absolute atomic E-state index is 11.7. The first-order valence-electron chi connectivity index (χ1n) is 6.53. The van der Waals surface area contributed by atoms with Gasteiger partial charge in [0, 0.05) is 5.56 Å².